The molecule has 1 fully saturated rings. The molecule has 0 aliphatic carbocycles. The van der Waals surface area contributed by atoms with Gasteiger partial charge in [-0.15, -0.1) is 0 Å². The van der Waals surface area contributed by atoms with Gasteiger partial charge in [0, 0.05) is 5.56 Å². The number of ether oxygens (including phenoxy) is 2. The van der Waals surface area contributed by atoms with Crippen molar-refractivity contribution in [3.05, 3.63) is 89.1 Å². The van der Waals surface area contributed by atoms with Gasteiger partial charge in [0.1, 0.15) is 17.3 Å². The number of aliphatic hydroxyl groups is 1. The van der Waals surface area contributed by atoms with Crippen molar-refractivity contribution in [3.8, 4) is 11.5 Å². The second-order valence-corrected chi connectivity index (χ2v) is 7.36. The van der Waals surface area contributed by atoms with Gasteiger partial charge in [-0.1, -0.05) is 12.1 Å². The summed E-state index contributed by atoms with van der Waals surface area (Å²) in [5, 5.41) is 11.0. The standard InChI is InChI=1S/C25H22FNO6/c1-3-32-17-9-6-15(7-10-17)22-21(23(28)16-8-11-20(31-2)19(26)13-16)24(29)25(30)27(22)14-18-5-4-12-33-18/h4-13,22,28H,3,14H2,1-2H3/t22-/m0/s1. The van der Waals surface area contributed by atoms with Crippen LogP contribution in [0.15, 0.2) is 70.9 Å². The third kappa shape index (κ3) is 4.19. The SMILES string of the molecule is CCOc1ccc([C@H]2C(=C(O)c3ccc(OC)c(F)c3)C(=O)C(=O)N2Cc2ccco2)cc1. The zero-order valence-electron chi connectivity index (χ0n) is 18.1. The van der Waals surface area contributed by atoms with Crippen molar-refractivity contribution in [1.82, 2.24) is 4.90 Å². The van der Waals surface area contributed by atoms with Gasteiger partial charge in [-0.2, -0.15) is 0 Å². The summed E-state index contributed by atoms with van der Waals surface area (Å²) in [7, 11) is 1.32. The van der Waals surface area contributed by atoms with E-state index in [-0.39, 0.29) is 23.4 Å². The van der Waals surface area contributed by atoms with E-state index in [1.165, 1.54) is 30.4 Å². The number of halogens is 1. The Balaban J connectivity index is 1.83. The maximum absolute atomic E-state index is 14.3. The van der Waals surface area contributed by atoms with E-state index in [1.807, 2.05) is 6.92 Å². The summed E-state index contributed by atoms with van der Waals surface area (Å²) in [6.45, 7) is 2.36. The topological polar surface area (TPSA) is 89.2 Å². The first-order valence-corrected chi connectivity index (χ1v) is 10.3. The van der Waals surface area contributed by atoms with Crippen LogP contribution in [0.4, 0.5) is 4.39 Å². The summed E-state index contributed by atoms with van der Waals surface area (Å²) in [5.41, 5.74) is 0.500. The van der Waals surface area contributed by atoms with Gasteiger partial charge in [0.15, 0.2) is 11.6 Å². The molecule has 1 saturated heterocycles. The molecule has 1 aliphatic rings. The fourth-order valence-electron chi connectivity index (χ4n) is 3.84. The molecule has 33 heavy (non-hydrogen) atoms. The van der Waals surface area contributed by atoms with Crippen LogP contribution >= 0.6 is 0 Å². The Morgan fingerprint density at radius 1 is 1.15 bits per heavy atom. The van der Waals surface area contributed by atoms with Gasteiger partial charge >= 0.3 is 0 Å². The van der Waals surface area contributed by atoms with E-state index in [1.54, 1.807) is 36.4 Å². The molecular weight excluding hydrogens is 429 g/mol. The number of amides is 1. The zero-order valence-corrected chi connectivity index (χ0v) is 18.1. The van der Waals surface area contributed by atoms with E-state index < -0.39 is 29.3 Å². The average Bonchev–Trinajstić information content (AvgIpc) is 3.42. The highest BCUT2D eigenvalue weighted by Gasteiger charge is 2.46. The van der Waals surface area contributed by atoms with Crippen molar-refractivity contribution in [2.24, 2.45) is 0 Å². The van der Waals surface area contributed by atoms with Crippen LogP contribution < -0.4 is 9.47 Å². The van der Waals surface area contributed by atoms with E-state index in [4.69, 9.17) is 13.9 Å². The van der Waals surface area contributed by atoms with Crippen LogP contribution in [-0.4, -0.2) is 35.4 Å². The Hall–Kier alpha value is -4.07. The van der Waals surface area contributed by atoms with Crippen molar-refractivity contribution in [2.45, 2.75) is 19.5 Å². The van der Waals surface area contributed by atoms with E-state index in [0.29, 0.717) is 23.7 Å². The van der Waals surface area contributed by atoms with E-state index in [0.717, 1.165) is 6.07 Å². The lowest BCUT2D eigenvalue weighted by atomic mass is 9.95. The molecule has 7 nitrogen and oxygen atoms in total. The number of likely N-dealkylation sites (tertiary alicyclic amines) is 1. The van der Waals surface area contributed by atoms with E-state index in [2.05, 4.69) is 0 Å². The Morgan fingerprint density at radius 2 is 1.91 bits per heavy atom. The highest BCUT2D eigenvalue weighted by atomic mass is 19.1. The number of nitrogens with zero attached hydrogens (tertiary/aromatic N) is 1. The van der Waals surface area contributed by atoms with Gasteiger partial charge in [0.05, 0.1) is 38.1 Å². The first-order chi connectivity index (χ1) is 15.9. The Bertz CT molecular complexity index is 1200. The number of furan rings is 1. The quantitative estimate of drug-likeness (QED) is 0.324. The fraction of sp³-hybridized carbons (Fsp3) is 0.200. The maximum atomic E-state index is 14.3. The normalized spacial score (nSPS) is 17.4. The van der Waals surface area contributed by atoms with E-state index >= 15 is 0 Å². The van der Waals surface area contributed by atoms with Crippen molar-refractivity contribution < 1.29 is 33.0 Å². The minimum atomic E-state index is -0.907. The summed E-state index contributed by atoms with van der Waals surface area (Å²) < 4.78 is 30.1. The smallest absolute Gasteiger partial charge is 0.296 e. The summed E-state index contributed by atoms with van der Waals surface area (Å²) >= 11 is 0. The van der Waals surface area contributed by atoms with Crippen LogP contribution in [0.2, 0.25) is 0 Å². The number of benzene rings is 2. The number of rotatable bonds is 7. The van der Waals surface area contributed by atoms with Gasteiger partial charge in [0.25, 0.3) is 11.7 Å². The summed E-state index contributed by atoms with van der Waals surface area (Å²) in [4.78, 5) is 27.3. The number of hydrogen-bond acceptors (Lipinski definition) is 6. The van der Waals surface area contributed by atoms with Gasteiger partial charge in [-0.3, -0.25) is 9.59 Å². The average molecular weight is 451 g/mol. The number of carbonyl (C=O) groups excluding carboxylic acids is 2. The Morgan fingerprint density at radius 3 is 2.52 bits per heavy atom. The van der Waals surface area contributed by atoms with Crippen LogP contribution in [0.1, 0.15) is 29.9 Å². The number of Topliss-reactive ketones (excluding diaryl/α,β-unsaturated/α-hetero) is 1. The largest absolute Gasteiger partial charge is 0.507 e. The van der Waals surface area contributed by atoms with Crippen LogP contribution in [0.5, 0.6) is 11.5 Å². The van der Waals surface area contributed by atoms with E-state index in [9.17, 15) is 19.1 Å². The highest BCUT2D eigenvalue weighted by Crippen LogP contribution is 2.41. The number of hydrogen-bond donors (Lipinski definition) is 1. The molecule has 1 N–H and O–H groups in total. The third-order valence-corrected chi connectivity index (χ3v) is 5.38. The van der Waals surface area contributed by atoms with Crippen LogP contribution in [0.3, 0.4) is 0 Å². The lowest BCUT2D eigenvalue weighted by Crippen LogP contribution is -2.29. The molecule has 1 atom stereocenters. The summed E-state index contributed by atoms with van der Waals surface area (Å²) in [6, 6.07) is 13.2. The summed E-state index contributed by atoms with van der Waals surface area (Å²) in [6.07, 6.45) is 1.47. The number of carbonyl (C=O) groups is 2. The predicted octanol–water partition coefficient (Wildman–Crippen LogP) is 4.45. The molecule has 8 heteroatoms. The number of aliphatic hydroxyl groups excluding tert-OH is 1. The molecule has 0 saturated carbocycles. The van der Waals surface area contributed by atoms with Crippen LogP contribution in [-0.2, 0) is 16.1 Å². The molecule has 2 heterocycles. The predicted molar refractivity (Wildman–Crippen MR) is 117 cm³/mol. The number of ketones is 1. The summed E-state index contributed by atoms with van der Waals surface area (Å²) in [5.74, 6) is -1.74. The lowest BCUT2D eigenvalue weighted by molar-refractivity contribution is -0.140. The second-order valence-electron chi connectivity index (χ2n) is 7.36. The van der Waals surface area contributed by atoms with Crippen molar-refractivity contribution in [2.75, 3.05) is 13.7 Å². The molecule has 0 radical (unpaired) electrons. The molecule has 0 unspecified atom stereocenters. The maximum Gasteiger partial charge on any atom is 0.296 e. The molecular formula is C25H22FNO6. The van der Waals surface area contributed by atoms with Crippen molar-refractivity contribution in [3.63, 3.8) is 0 Å². The third-order valence-electron chi connectivity index (χ3n) is 5.38. The number of methoxy groups -OCH3 is 1. The first kappa shape index (κ1) is 22.1. The molecule has 0 spiro atoms. The van der Waals surface area contributed by atoms with Crippen LogP contribution in [0.25, 0.3) is 5.76 Å². The van der Waals surface area contributed by atoms with Crippen molar-refractivity contribution >= 4 is 17.4 Å². The van der Waals surface area contributed by atoms with Gasteiger partial charge in [-0.25, -0.2) is 4.39 Å². The monoisotopic (exact) mass is 451 g/mol. The van der Waals surface area contributed by atoms with Crippen LogP contribution in [0, 0.1) is 5.82 Å². The van der Waals surface area contributed by atoms with Gasteiger partial charge < -0.3 is 23.9 Å². The second kappa shape index (κ2) is 9.20. The fourth-order valence-corrected chi connectivity index (χ4v) is 3.84. The molecule has 1 aliphatic heterocycles. The van der Waals surface area contributed by atoms with Gasteiger partial charge in [0.2, 0.25) is 0 Å². The molecule has 4 rings (SSSR count). The molecule has 0 bridgehead atoms. The Labute approximate surface area is 189 Å². The minimum Gasteiger partial charge on any atom is -0.507 e. The van der Waals surface area contributed by atoms with Gasteiger partial charge in [-0.05, 0) is 55.0 Å². The zero-order chi connectivity index (χ0) is 23.5. The molecule has 2 aromatic carbocycles. The molecule has 1 amide bonds. The Kier molecular flexibility index (Phi) is 6.17. The van der Waals surface area contributed by atoms with Crippen molar-refractivity contribution in [1.29, 1.82) is 0 Å². The molecule has 1 aromatic heterocycles. The first-order valence-electron chi connectivity index (χ1n) is 10.3. The molecule has 3 aromatic rings. The highest BCUT2D eigenvalue weighted by molar-refractivity contribution is 6.46. The minimum absolute atomic E-state index is 0.00659. The lowest BCUT2D eigenvalue weighted by Gasteiger charge is -2.24. The molecule has 170 valence electrons.